The van der Waals surface area contributed by atoms with E-state index in [0.717, 1.165) is 26.1 Å². The zero-order chi connectivity index (χ0) is 12.5. The van der Waals surface area contributed by atoms with Gasteiger partial charge in [0.1, 0.15) is 6.04 Å². The summed E-state index contributed by atoms with van der Waals surface area (Å²) in [6.07, 6.45) is 1.13. The maximum Gasteiger partial charge on any atom is 0.242 e. The van der Waals surface area contributed by atoms with E-state index in [2.05, 4.69) is 26.1 Å². The number of hydrogen-bond donors (Lipinski definition) is 1. The predicted molar refractivity (Wildman–Crippen MR) is 66.8 cm³/mol. The summed E-state index contributed by atoms with van der Waals surface area (Å²) in [7, 11) is 0. The number of morpholine rings is 1. The van der Waals surface area contributed by atoms with Crippen LogP contribution in [0.5, 0.6) is 0 Å². The normalized spacial score (nSPS) is 30.6. The second kappa shape index (κ2) is 4.94. The molecule has 0 aromatic rings. The van der Waals surface area contributed by atoms with Crippen molar-refractivity contribution in [3.05, 3.63) is 0 Å². The molecule has 2 aliphatic rings. The molecular weight excluding hydrogens is 216 g/mol. The highest BCUT2D eigenvalue weighted by molar-refractivity contribution is 5.82. The summed E-state index contributed by atoms with van der Waals surface area (Å²) in [4.78, 5) is 14.3. The molecule has 2 fully saturated rings. The van der Waals surface area contributed by atoms with Gasteiger partial charge >= 0.3 is 0 Å². The monoisotopic (exact) mass is 240 g/mol. The molecule has 2 atom stereocenters. The molecule has 2 heterocycles. The van der Waals surface area contributed by atoms with Gasteiger partial charge in [-0.15, -0.1) is 0 Å². The highest BCUT2D eigenvalue weighted by Crippen LogP contribution is 2.33. The molecule has 0 aromatic carbocycles. The lowest BCUT2D eigenvalue weighted by molar-refractivity contribution is -0.135. The third-order valence-electron chi connectivity index (χ3n) is 3.94. The Labute approximate surface area is 104 Å². The van der Waals surface area contributed by atoms with Crippen molar-refractivity contribution in [3.8, 4) is 0 Å². The first-order valence-electron chi connectivity index (χ1n) is 6.58. The van der Waals surface area contributed by atoms with E-state index in [1.165, 1.54) is 0 Å². The average molecular weight is 240 g/mol. The van der Waals surface area contributed by atoms with Gasteiger partial charge in [0.15, 0.2) is 0 Å². The molecule has 2 rings (SSSR count). The van der Waals surface area contributed by atoms with Gasteiger partial charge in [-0.05, 0) is 17.8 Å². The SMILES string of the molecule is CC(C)(C)C1CCN(C(=O)C2COCCN2)C1. The predicted octanol–water partition coefficient (Wildman–Crippen LogP) is 0.869. The number of rotatable bonds is 1. The lowest BCUT2D eigenvalue weighted by Crippen LogP contribution is -2.52. The van der Waals surface area contributed by atoms with Crippen molar-refractivity contribution in [1.82, 2.24) is 10.2 Å². The molecular formula is C13H24N2O2. The zero-order valence-electron chi connectivity index (χ0n) is 11.2. The van der Waals surface area contributed by atoms with Gasteiger partial charge in [-0.2, -0.15) is 0 Å². The largest absolute Gasteiger partial charge is 0.378 e. The zero-order valence-corrected chi connectivity index (χ0v) is 11.2. The van der Waals surface area contributed by atoms with Gasteiger partial charge in [-0.25, -0.2) is 0 Å². The quantitative estimate of drug-likeness (QED) is 0.739. The molecule has 0 aliphatic carbocycles. The number of nitrogens with one attached hydrogen (secondary N) is 1. The fourth-order valence-electron chi connectivity index (χ4n) is 2.61. The number of nitrogens with zero attached hydrogens (tertiary/aromatic N) is 1. The topological polar surface area (TPSA) is 41.6 Å². The summed E-state index contributed by atoms with van der Waals surface area (Å²) in [6, 6.07) is -0.123. The van der Waals surface area contributed by atoms with Gasteiger partial charge in [0.2, 0.25) is 5.91 Å². The van der Waals surface area contributed by atoms with Crippen molar-refractivity contribution in [1.29, 1.82) is 0 Å². The lowest BCUT2D eigenvalue weighted by atomic mass is 9.80. The molecule has 0 aromatic heterocycles. The number of ether oxygens (including phenoxy) is 1. The third-order valence-corrected chi connectivity index (χ3v) is 3.94. The smallest absolute Gasteiger partial charge is 0.242 e. The van der Waals surface area contributed by atoms with E-state index in [1.807, 2.05) is 4.90 Å². The Morgan fingerprint density at radius 3 is 2.71 bits per heavy atom. The Morgan fingerprint density at radius 2 is 2.18 bits per heavy atom. The fourth-order valence-corrected chi connectivity index (χ4v) is 2.61. The Balaban J connectivity index is 1.89. The Morgan fingerprint density at radius 1 is 1.41 bits per heavy atom. The molecule has 2 unspecified atom stereocenters. The second-order valence-electron chi connectivity index (χ2n) is 6.22. The molecule has 0 bridgehead atoms. The molecule has 98 valence electrons. The highest BCUT2D eigenvalue weighted by Gasteiger charge is 2.36. The van der Waals surface area contributed by atoms with Crippen molar-refractivity contribution in [2.24, 2.45) is 11.3 Å². The van der Waals surface area contributed by atoms with E-state index in [4.69, 9.17) is 4.74 Å². The average Bonchev–Trinajstić information content (AvgIpc) is 2.78. The molecule has 0 saturated carbocycles. The van der Waals surface area contributed by atoms with Crippen LogP contribution in [0.1, 0.15) is 27.2 Å². The van der Waals surface area contributed by atoms with Crippen LogP contribution in [0.2, 0.25) is 0 Å². The van der Waals surface area contributed by atoms with Gasteiger partial charge in [0.25, 0.3) is 0 Å². The Hall–Kier alpha value is -0.610. The minimum Gasteiger partial charge on any atom is -0.378 e. The summed E-state index contributed by atoms with van der Waals surface area (Å²) in [5, 5.41) is 3.23. The van der Waals surface area contributed by atoms with Crippen molar-refractivity contribution in [3.63, 3.8) is 0 Å². The van der Waals surface area contributed by atoms with E-state index in [0.29, 0.717) is 24.5 Å². The van der Waals surface area contributed by atoms with Crippen LogP contribution in [0.15, 0.2) is 0 Å². The van der Waals surface area contributed by atoms with Crippen molar-refractivity contribution < 1.29 is 9.53 Å². The van der Waals surface area contributed by atoms with Gasteiger partial charge in [-0.1, -0.05) is 20.8 Å². The Kier molecular flexibility index (Phi) is 3.73. The first-order chi connectivity index (χ1) is 7.98. The maximum absolute atomic E-state index is 12.3. The summed E-state index contributed by atoms with van der Waals surface area (Å²) in [6.45, 7) is 10.6. The minimum atomic E-state index is -0.123. The number of carbonyl (C=O) groups is 1. The van der Waals surface area contributed by atoms with Gasteiger partial charge in [0.05, 0.1) is 13.2 Å². The molecule has 2 aliphatic heterocycles. The first kappa shape index (κ1) is 12.8. The van der Waals surface area contributed by atoms with Gasteiger partial charge in [-0.3, -0.25) is 4.79 Å². The van der Waals surface area contributed by atoms with E-state index < -0.39 is 0 Å². The van der Waals surface area contributed by atoms with Crippen molar-refractivity contribution >= 4 is 5.91 Å². The fraction of sp³-hybridized carbons (Fsp3) is 0.923. The van der Waals surface area contributed by atoms with Crippen molar-refractivity contribution in [2.45, 2.75) is 33.2 Å². The van der Waals surface area contributed by atoms with E-state index in [-0.39, 0.29) is 11.9 Å². The highest BCUT2D eigenvalue weighted by atomic mass is 16.5. The van der Waals surface area contributed by atoms with Gasteiger partial charge < -0.3 is 15.0 Å². The van der Waals surface area contributed by atoms with Crippen LogP contribution in [0, 0.1) is 11.3 Å². The number of amides is 1. The summed E-state index contributed by atoms with van der Waals surface area (Å²) >= 11 is 0. The number of hydrogen-bond acceptors (Lipinski definition) is 3. The van der Waals surface area contributed by atoms with E-state index >= 15 is 0 Å². The maximum atomic E-state index is 12.3. The van der Waals surface area contributed by atoms with Crippen LogP contribution in [0.4, 0.5) is 0 Å². The third kappa shape index (κ3) is 2.99. The van der Waals surface area contributed by atoms with Crippen LogP contribution in [0.3, 0.4) is 0 Å². The molecule has 0 spiro atoms. The second-order valence-corrected chi connectivity index (χ2v) is 6.22. The van der Waals surface area contributed by atoms with E-state index in [9.17, 15) is 4.79 Å². The number of carbonyl (C=O) groups excluding carboxylic acids is 1. The van der Waals surface area contributed by atoms with Crippen LogP contribution in [0.25, 0.3) is 0 Å². The van der Waals surface area contributed by atoms with Crippen LogP contribution >= 0.6 is 0 Å². The standard InChI is InChI=1S/C13H24N2O2/c1-13(2,3)10-4-6-15(8-10)12(16)11-9-17-7-5-14-11/h10-11,14H,4-9H2,1-3H3. The minimum absolute atomic E-state index is 0.123. The summed E-state index contributed by atoms with van der Waals surface area (Å²) in [5.41, 5.74) is 0.297. The van der Waals surface area contributed by atoms with Gasteiger partial charge in [0, 0.05) is 19.6 Å². The molecule has 1 N–H and O–H groups in total. The molecule has 4 nitrogen and oxygen atoms in total. The molecule has 1 amide bonds. The molecule has 2 saturated heterocycles. The van der Waals surface area contributed by atoms with Crippen LogP contribution < -0.4 is 5.32 Å². The number of likely N-dealkylation sites (tertiary alicyclic amines) is 1. The van der Waals surface area contributed by atoms with Crippen molar-refractivity contribution in [2.75, 3.05) is 32.8 Å². The molecule has 4 heteroatoms. The Bertz CT molecular complexity index is 280. The van der Waals surface area contributed by atoms with E-state index in [1.54, 1.807) is 0 Å². The van der Waals surface area contributed by atoms with Crippen LogP contribution in [-0.4, -0.2) is 49.7 Å². The summed E-state index contributed by atoms with van der Waals surface area (Å²) in [5.74, 6) is 0.840. The molecule has 0 radical (unpaired) electrons. The van der Waals surface area contributed by atoms with Crippen LogP contribution in [-0.2, 0) is 9.53 Å². The first-order valence-corrected chi connectivity index (χ1v) is 6.58. The molecule has 17 heavy (non-hydrogen) atoms. The summed E-state index contributed by atoms with van der Waals surface area (Å²) < 4.78 is 5.35. The lowest BCUT2D eigenvalue weighted by Gasteiger charge is -2.29.